The van der Waals surface area contributed by atoms with Gasteiger partial charge in [-0.25, -0.2) is 4.98 Å². The molecule has 2 aromatic heterocycles. The summed E-state index contributed by atoms with van der Waals surface area (Å²) in [6, 6.07) is 10.1. The predicted molar refractivity (Wildman–Crippen MR) is 72.0 cm³/mol. The molecule has 0 radical (unpaired) electrons. The van der Waals surface area contributed by atoms with Crippen molar-refractivity contribution in [3.63, 3.8) is 0 Å². The van der Waals surface area contributed by atoms with Crippen LogP contribution in [0.25, 0.3) is 22.2 Å². The molecule has 3 nitrogen and oxygen atoms in total. The van der Waals surface area contributed by atoms with Crippen LogP contribution in [0.4, 0.5) is 5.13 Å². The number of hydrogen-bond donors (Lipinski definition) is 1. The first kappa shape index (κ1) is 10.2. The number of aryl methyl sites for hydroxylation is 1. The van der Waals surface area contributed by atoms with E-state index in [2.05, 4.69) is 22.1 Å². The maximum atomic E-state index is 5.69. The smallest absolute Gasteiger partial charge is 0.180 e. The molecule has 3 rings (SSSR count). The zero-order valence-electron chi connectivity index (χ0n) is 9.34. The molecule has 0 aliphatic carbocycles. The van der Waals surface area contributed by atoms with Crippen LogP contribution < -0.4 is 5.73 Å². The van der Waals surface area contributed by atoms with Crippen molar-refractivity contribution in [3.8, 4) is 11.3 Å². The van der Waals surface area contributed by atoms with Gasteiger partial charge in [0.15, 0.2) is 5.13 Å². The van der Waals surface area contributed by atoms with Gasteiger partial charge in [0.05, 0.1) is 11.2 Å². The molecule has 0 fully saturated rings. The number of nitrogen functional groups attached to an aromatic ring is 1. The van der Waals surface area contributed by atoms with Gasteiger partial charge in [-0.1, -0.05) is 18.2 Å². The lowest BCUT2D eigenvalue weighted by Crippen LogP contribution is -1.89. The van der Waals surface area contributed by atoms with Crippen LogP contribution in [-0.2, 0) is 0 Å². The van der Waals surface area contributed by atoms with Gasteiger partial charge in [-0.05, 0) is 19.1 Å². The van der Waals surface area contributed by atoms with E-state index in [-0.39, 0.29) is 0 Å². The molecule has 0 atom stereocenters. The summed E-state index contributed by atoms with van der Waals surface area (Å²) in [6.07, 6.45) is 0. The molecule has 0 aliphatic rings. The number of nitrogens with two attached hydrogens (primary N) is 1. The molecular formula is C13H11N3S. The Morgan fingerprint density at radius 2 is 2.00 bits per heavy atom. The summed E-state index contributed by atoms with van der Waals surface area (Å²) >= 11 is 1.46. The minimum absolute atomic E-state index is 0.596. The van der Waals surface area contributed by atoms with Crippen molar-refractivity contribution in [3.05, 3.63) is 41.4 Å². The molecule has 2 heterocycles. The van der Waals surface area contributed by atoms with Crippen LogP contribution in [0.5, 0.6) is 0 Å². The molecule has 0 bridgehead atoms. The Morgan fingerprint density at radius 1 is 1.18 bits per heavy atom. The van der Waals surface area contributed by atoms with E-state index in [9.17, 15) is 0 Å². The maximum absolute atomic E-state index is 5.69. The second-order valence-corrected chi connectivity index (χ2v) is 4.79. The lowest BCUT2D eigenvalue weighted by atomic mass is 10.1. The summed E-state index contributed by atoms with van der Waals surface area (Å²) in [4.78, 5) is 8.85. The topological polar surface area (TPSA) is 51.8 Å². The highest BCUT2D eigenvalue weighted by molar-refractivity contribution is 7.13. The van der Waals surface area contributed by atoms with E-state index >= 15 is 0 Å². The fourth-order valence-electron chi connectivity index (χ4n) is 1.93. The lowest BCUT2D eigenvalue weighted by Gasteiger charge is -2.05. The van der Waals surface area contributed by atoms with Crippen molar-refractivity contribution in [2.24, 2.45) is 0 Å². The average molecular weight is 241 g/mol. The molecule has 4 heteroatoms. The first-order valence-electron chi connectivity index (χ1n) is 5.32. The average Bonchev–Trinajstić information content (AvgIpc) is 2.74. The van der Waals surface area contributed by atoms with Gasteiger partial charge < -0.3 is 5.73 Å². The van der Waals surface area contributed by atoms with Gasteiger partial charge >= 0.3 is 0 Å². The van der Waals surface area contributed by atoms with Crippen LogP contribution in [0.15, 0.2) is 35.7 Å². The molecular weight excluding hydrogens is 230 g/mol. The highest BCUT2D eigenvalue weighted by Gasteiger charge is 2.08. The SMILES string of the molecule is Cc1cc(-c2csc(N)n2)c2ccccc2n1. The van der Waals surface area contributed by atoms with Crippen molar-refractivity contribution in [1.29, 1.82) is 0 Å². The number of anilines is 1. The van der Waals surface area contributed by atoms with Crippen molar-refractivity contribution >= 4 is 27.4 Å². The van der Waals surface area contributed by atoms with E-state index in [1.807, 2.05) is 30.5 Å². The Labute approximate surface area is 103 Å². The molecule has 0 saturated carbocycles. The van der Waals surface area contributed by atoms with Crippen molar-refractivity contribution in [2.45, 2.75) is 6.92 Å². The molecule has 0 saturated heterocycles. The summed E-state index contributed by atoms with van der Waals surface area (Å²) in [5, 5.41) is 3.69. The quantitative estimate of drug-likeness (QED) is 0.711. The molecule has 1 aromatic carbocycles. The van der Waals surface area contributed by atoms with Crippen LogP contribution >= 0.6 is 11.3 Å². The number of thiazole rings is 1. The number of rotatable bonds is 1. The van der Waals surface area contributed by atoms with Gasteiger partial charge in [-0.15, -0.1) is 11.3 Å². The van der Waals surface area contributed by atoms with Gasteiger partial charge in [-0.2, -0.15) is 0 Å². The zero-order chi connectivity index (χ0) is 11.8. The lowest BCUT2D eigenvalue weighted by molar-refractivity contribution is 1.25. The summed E-state index contributed by atoms with van der Waals surface area (Å²) in [5.41, 5.74) is 9.70. The van der Waals surface area contributed by atoms with Crippen LogP contribution in [0.2, 0.25) is 0 Å². The summed E-state index contributed by atoms with van der Waals surface area (Å²) in [7, 11) is 0. The number of nitrogens with zero attached hydrogens (tertiary/aromatic N) is 2. The van der Waals surface area contributed by atoms with Gasteiger partial charge in [0, 0.05) is 22.0 Å². The van der Waals surface area contributed by atoms with E-state index in [0.717, 1.165) is 27.9 Å². The van der Waals surface area contributed by atoms with E-state index in [1.54, 1.807) is 0 Å². The number of pyridine rings is 1. The largest absolute Gasteiger partial charge is 0.375 e. The molecule has 0 aliphatic heterocycles. The second kappa shape index (κ2) is 3.82. The molecule has 0 spiro atoms. The highest BCUT2D eigenvalue weighted by Crippen LogP contribution is 2.29. The minimum Gasteiger partial charge on any atom is -0.375 e. The number of benzene rings is 1. The van der Waals surface area contributed by atoms with Gasteiger partial charge in [0.25, 0.3) is 0 Å². The Hall–Kier alpha value is -1.94. The molecule has 3 aromatic rings. The van der Waals surface area contributed by atoms with Crippen molar-refractivity contribution in [1.82, 2.24) is 9.97 Å². The van der Waals surface area contributed by atoms with E-state index in [1.165, 1.54) is 11.3 Å². The second-order valence-electron chi connectivity index (χ2n) is 3.90. The van der Waals surface area contributed by atoms with Crippen LogP contribution in [0.3, 0.4) is 0 Å². The van der Waals surface area contributed by atoms with E-state index in [4.69, 9.17) is 5.73 Å². The van der Waals surface area contributed by atoms with E-state index in [0.29, 0.717) is 5.13 Å². The summed E-state index contributed by atoms with van der Waals surface area (Å²) < 4.78 is 0. The Kier molecular flexibility index (Phi) is 2.30. The fraction of sp³-hybridized carbons (Fsp3) is 0.0769. The standard InChI is InChI=1S/C13H11N3S/c1-8-6-10(12-7-17-13(14)16-12)9-4-2-3-5-11(9)15-8/h2-7H,1H3,(H2,14,16). The van der Waals surface area contributed by atoms with Crippen molar-refractivity contribution in [2.75, 3.05) is 5.73 Å². The maximum Gasteiger partial charge on any atom is 0.180 e. The van der Waals surface area contributed by atoms with E-state index < -0.39 is 0 Å². The molecule has 0 amide bonds. The number of fused-ring (bicyclic) bond motifs is 1. The predicted octanol–water partition coefficient (Wildman–Crippen LogP) is 3.25. The molecule has 84 valence electrons. The summed E-state index contributed by atoms with van der Waals surface area (Å²) in [6.45, 7) is 1.99. The number of para-hydroxylation sites is 1. The molecule has 2 N–H and O–H groups in total. The van der Waals surface area contributed by atoms with Gasteiger partial charge in [-0.3, -0.25) is 4.98 Å². The van der Waals surface area contributed by atoms with Crippen LogP contribution in [-0.4, -0.2) is 9.97 Å². The van der Waals surface area contributed by atoms with Gasteiger partial charge in [0.1, 0.15) is 0 Å². The zero-order valence-corrected chi connectivity index (χ0v) is 10.2. The molecule has 17 heavy (non-hydrogen) atoms. The third kappa shape index (κ3) is 1.76. The Balaban J connectivity index is 2.35. The number of aromatic nitrogens is 2. The Bertz CT molecular complexity index is 688. The van der Waals surface area contributed by atoms with Gasteiger partial charge in [0.2, 0.25) is 0 Å². The third-order valence-corrected chi connectivity index (χ3v) is 3.32. The van der Waals surface area contributed by atoms with Crippen LogP contribution in [0.1, 0.15) is 5.69 Å². The van der Waals surface area contributed by atoms with Crippen molar-refractivity contribution < 1.29 is 0 Å². The molecule has 0 unspecified atom stereocenters. The number of hydrogen-bond acceptors (Lipinski definition) is 4. The normalized spacial score (nSPS) is 10.9. The highest BCUT2D eigenvalue weighted by atomic mass is 32.1. The third-order valence-electron chi connectivity index (χ3n) is 2.64. The Morgan fingerprint density at radius 3 is 2.76 bits per heavy atom. The fourth-order valence-corrected chi connectivity index (χ4v) is 2.49. The summed E-state index contributed by atoms with van der Waals surface area (Å²) in [5.74, 6) is 0. The minimum atomic E-state index is 0.596. The monoisotopic (exact) mass is 241 g/mol. The first-order valence-corrected chi connectivity index (χ1v) is 6.20. The van der Waals surface area contributed by atoms with Crippen LogP contribution in [0, 0.1) is 6.92 Å². The first-order chi connectivity index (χ1) is 8.24.